The number of amides is 2. The number of likely N-dealkylation sites (N-methyl/N-ethyl adjacent to an activating group) is 1. The molecule has 7 nitrogen and oxygen atoms in total. The number of nitrogens with one attached hydrogen (secondary N) is 1. The third-order valence-electron chi connectivity index (χ3n) is 4.28. The number of anilines is 1. The van der Waals surface area contributed by atoms with Crippen LogP contribution in [0.4, 0.5) is 10.5 Å². The molecule has 0 aliphatic carbocycles. The number of imidazole rings is 1. The zero-order valence-corrected chi connectivity index (χ0v) is 15.1. The van der Waals surface area contributed by atoms with E-state index in [-0.39, 0.29) is 25.2 Å². The summed E-state index contributed by atoms with van der Waals surface area (Å²) in [6.07, 6.45) is 3.53. The number of hydrogen-bond donors (Lipinski definition) is 2. The maximum atomic E-state index is 12.5. The Morgan fingerprint density at radius 2 is 2.08 bits per heavy atom. The van der Waals surface area contributed by atoms with Gasteiger partial charge in [-0.3, -0.25) is 0 Å². The third kappa shape index (κ3) is 5.22. The van der Waals surface area contributed by atoms with Crippen LogP contribution in [0, 0.1) is 0 Å². The van der Waals surface area contributed by atoms with Crippen molar-refractivity contribution in [1.29, 1.82) is 0 Å². The van der Waals surface area contributed by atoms with E-state index in [9.17, 15) is 9.90 Å². The van der Waals surface area contributed by atoms with Gasteiger partial charge in [0.15, 0.2) is 0 Å². The fourth-order valence-corrected chi connectivity index (χ4v) is 2.49. The van der Waals surface area contributed by atoms with Crippen LogP contribution in [0.25, 0.3) is 0 Å². The molecule has 0 aliphatic heterocycles. The number of nitrogens with zero attached hydrogens (tertiary/aromatic N) is 4. The van der Waals surface area contributed by atoms with Crippen LogP contribution < -0.4 is 10.2 Å². The topological polar surface area (TPSA) is 73.6 Å². The van der Waals surface area contributed by atoms with Crippen molar-refractivity contribution in [2.75, 3.05) is 31.6 Å². The van der Waals surface area contributed by atoms with Gasteiger partial charge in [0.05, 0.1) is 13.2 Å². The van der Waals surface area contributed by atoms with Gasteiger partial charge in [-0.1, -0.05) is 18.2 Å². The second kappa shape index (κ2) is 9.08. The van der Waals surface area contributed by atoms with Gasteiger partial charge in [0.2, 0.25) is 0 Å². The highest BCUT2D eigenvalue weighted by atomic mass is 16.3. The van der Waals surface area contributed by atoms with Crippen LogP contribution in [0.3, 0.4) is 0 Å². The maximum absolute atomic E-state index is 12.5. The normalized spacial score (nSPS) is 11.8. The number of para-hydroxylation sites is 1. The number of aliphatic hydroxyl groups is 1. The molecule has 0 saturated heterocycles. The minimum absolute atomic E-state index is 0.0860. The quantitative estimate of drug-likeness (QED) is 0.759. The van der Waals surface area contributed by atoms with Crippen molar-refractivity contribution < 1.29 is 9.90 Å². The van der Waals surface area contributed by atoms with E-state index >= 15 is 0 Å². The Morgan fingerprint density at radius 1 is 1.36 bits per heavy atom. The van der Waals surface area contributed by atoms with Crippen LogP contribution >= 0.6 is 0 Å². The Kier molecular flexibility index (Phi) is 6.82. The number of carbonyl (C=O) groups excluding carboxylic acids is 1. The summed E-state index contributed by atoms with van der Waals surface area (Å²) in [5, 5.41) is 12.2. The number of benzene rings is 1. The minimum atomic E-state index is -0.203. The molecule has 1 atom stereocenters. The van der Waals surface area contributed by atoms with Gasteiger partial charge in [-0.05, 0) is 19.1 Å². The van der Waals surface area contributed by atoms with Gasteiger partial charge in [0.1, 0.15) is 5.82 Å². The van der Waals surface area contributed by atoms with E-state index in [0.29, 0.717) is 13.1 Å². The predicted molar refractivity (Wildman–Crippen MR) is 98.4 cm³/mol. The van der Waals surface area contributed by atoms with Crippen molar-refractivity contribution in [1.82, 2.24) is 19.8 Å². The first-order valence-electron chi connectivity index (χ1n) is 8.40. The molecule has 1 aromatic carbocycles. The molecule has 2 rings (SSSR count). The van der Waals surface area contributed by atoms with Crippen molar-refractivity contribution in [2.24, 2.45) is 7.05 Å². The molecule has 2 amide bonds. The molecule has 1 heterocycles. The standard InChI is InChI=1S/C18H27N5O2/c1-15(22(3)16-7-5-4-6-8-16)13-20-18(25)23(11-12-24)14-17-19-9-10-21(17)2/h4-10,15,24H,11-14H2,1-3H3,(H,20,25)/t15-/m0/s1. The highest BCUT2D eigenvalue weighted by Gasteiger charge is 2.17. The first-order valence-corrected chi connectivity index (χ1v) is 8.40. The first kappa shape index (κ1) is 18.8. The average Bonchev–Trinajstić information content (AvgIpc) is 3.03. The van der Waals surface area contributed by atoms with Crippen molar-refractivity contribution in [2.45, 2.75) is 19.5 Å². The van der Waals surface area contributed by atoms with Gasteiger partial charge in [0, 0.05) is 51.3 Å². The second-order valence-electron chi connectivity index (χ2n) is 6.08. The number of rotatable bonds is 8. The van der Waals surface area contributed by atoms with E-state index in [0.717, 1.165) is 11.5 Å². The zero-order chi connectivity index (χ0) is 18.2. The molecule has 136 valence electrons. The molecule has 0 fully saturated rings. The maximum Gasteiger partial charge on any atom is 0.317 e. The number of hydrogen-bond acceptors (Lipinski definition) is 4. The lowest BCUT2D eigenvalue weighted by Crippen LogP contribution is -2.46. The van der Waals surface area contributed by atoms with Crippen molar-refractivity contribution in [3.05, 3.63) is 48.5 Å². The molecule has 0 bridgehead atoms. The molecule has 1 aromatic heterocycles. The molecular formula is C18H27N5O2. The average molecular weight is 345 g/mol. The molecule has 2 N–H and O–H groups in total. The lowest BCUT2D eigenvalue weighted by atomic mass is 10.2. The molecule has 0 aliphatic rings. The summed E-state index contributed by atoms with van der Waals surface area (Å²) < 4.78 is 1.86. The second-order valence-corrected chi connectivity index (χ2v) is 6.08. The Bertz CT molecular complexity index is 658. The number of aromatic nitrogens is 2. The molecule has 0 saturated carbocycles. The SMILES string of the molecule is C[C@@H](CNC(=O)N(CCO)Cc1nccn1C)N(C)c1ccccc1. The van der Waals surface area contributed by atoms with Crippen LogP contribution in [0.5, 0.6) is 0 Å². The van der Waals surface area contributed by atoms with Gasteiger partial charge in [0.25, 0.3) is 0 Å². The predicted octanol–water partition coefficient (Wildman–Crippen LogP) is 1.45. The smallest absolute Gasteiger partial charge is 0.317 e. The van der Waals surface area contributed by atoms with Gasteiger partial charge in [-0.2, -0.15) is 0 Å². The molecule has 25 heavy (non-hydrogen) atoms. The van der Waals surface area contributed by atoms with E-state index in [1.807, 2.05) is 55.2 Å². The lowest BCUT2D eigenvalue weighted by molar-refractivity contribution is 0.171. The van der Waals surface area contributed by atoms with Crippen LogP contribution in [-0.4, -0.2) is 58.4 Å². The van der Waals surface area contributed by atoms with Crippen LogP contribution in [0.1, 0.15) is 12.7 Å². The van der Waals surface area contributed by atoms with Gasteiger partial charge < -0.3 is 24.8 Å². The highest BCUT2D eigenvalue weighted by Crippen LogP contribution is 2.13. The van der Waals surface area contributed by atoms with E-state index in [1.54, 1.807) is 11.1 Å². The summed E-state index contributed by atoms with van der Waals surface area (Å²) in [5.41, 5.74) is 1.10. The zero-order valence-electron chi connectivity index (χ0n) is 15.1. The number of aliphatic hydroxyl groups excluding tert-OH is 1. The number of aryl methyl sites for hydroxylation is 1. The van der Waals surface area contributed by atoms with Crippen molar-refractivity contribution >= 4 is 11.7 Å². The summed E-state index contributed by atoms with van der Waals surface area (Å²) in [5.74, 6) is 0.776. The van der Waals surface area contributed by atoms with Crippen molar-refractivity contribution in [3.63, 3.8) is 0 Å². The molecule has 7 heteroatoms. The molecule has 2 aromatic rings. The van der Waals surface area contributed by atoms with Crippen molar-refractivity contribution in [3.8, 4) is 0 Å². The Hall–Kier alpha value is -2.54. The summed E-state index contributed by atoms with van der Waals surface area (Å²) in [6, 6.07) is 9.98. The molecule has 0 radical (unpaired) electrons. The van der Waals surface area contributed by atoms with Crippen LogP contribution in [0.15, 0.2) is 42.7 Å². The largest absolute Gasteiger partial charge is 0.395 e. The summed E-state index contributed by atoms with van der Waals surface area (Å²) in [6.45, 7) is 3.10. The van der Waals surface area contributed by atoms with E-state index in [2.05, 4.69) is 22.1 Å². The number of urea groups is 1. The van der Waals surface area contributed by atoms with Gasteiger partial charge >= 0.3 is 6.03 Å². The van der Waals surface area contributed by atoms with E-state index in [4.69, 9.17) is 0 Å². The molecule has 0 unspecified atom stereocenters. The third-order valence-corrected chi connectivity index (χ3v) is 4.28. The highest BCUT2D eigenvalue weighted by molar-refractivity contribution is 5.74. The molecular weight excluding hydrogens is 318 g/mol. The Balaban J connectivity index is 1.90. The van der Waals surface area contributed by atoms with Crippen LogP contribution in [-0.2, 0) is 13.6 Å². The number of carbonyl (C=O) groups is 1. The lowest BCUT2D eigenvalue weighted by Gasteiger charge is -2.29. The van der Waals surface area contributed by atoms with E-state index < -0.39 is 0 Å². The minimum Gasteiger partial charge on any atom is -0.395 e. The van der Waals surface area contributed by atoms with E-state index in [1.165, 1.54) is 0 Å². The summed E-state index contributed by atoms with van der Waals surface area (Å²) in [4.78, 5) is 20.4. The van der Waals surface area contributed by atoms with Gasteiger partial charge in [-0.25, -0.2) is 9.78 Å². The molecule has 0 spiro atoms. The van der Waals surface area contributed by atoms with Gasteiger partial charge in [-0.15, -0.1) is 0 Å². The fraction of sp³-hybridized carbons (Fsp3) is 0.444. The first-order chi connectivity index (χ1) is 12.0. The Labute approximate surface area is 148 Å². The van der Waals surface area contributed by atoms with Crippen LogP contribution in [0.2, 0.25) is 0 Å². The summed E-state index contributed by atoms with van der Waals surface area (Å²) >= 11 is 0. The monoisotopic (exact) mass is 345 g/mol. The summed E-state index contributed by atoms with van der Waals surface area (Å²) in [7, 11) is 3.89. The Morgan fingerprint density at radius 3 is 2.68 bits per heavy atom. The fourth-order valence-electron chi connectivity index (χ4n) is 2.49.